The van der Waals surface area contributed by atoms with Crippen molar-refractivity contribution in [3.8, 4) is 17.2 Å². The van der Waals surface area contributed by atoms with E-state index in [1.807, 2.05) is 44.2 Å². The molecule has 0 spiro atoms. The minimum atomic E-state index is -0.134. The van der Waals surface area contributed by atoms with E-state index in [0.29, 0.717) is 30.3 Å². The number of ketones is 1. The number of allylic oxidation sites excluding steroid dienone is 1. The van der Waals surface area contributed by atoms with Crippen LogP contribution in [0.4, 0.5) is 0 Å². The van der Waals surface area contributed by atoms with Crippen LogP contribution in [0.3, 0.4) is 0 Å². The highest BCUT2D eigenvalue weighted by atomic mass is 16.5. The highest BCUT2D eigenvalue weighted by Crippen LogP contribution is 2.40. The van der Waals surface area contributed by atoms with Crippen molar-refractivity contribution in [3.05, 3.63) is 93.7 Å². The maximum atomic E-state index is 12.9. The van der Waals surface area contributed by atoms with Crippen molar-refractivity contribution in [2.75, 3.05) is 6.61 Å². The van der Waals surface area contributed by atoms with E-state index in [-0.39, 0.29) is 11.5 Å². The number of fused-ring (bicyclic) bond motifs is 1. The number of hydrogen-bond donors (Lipinski definition) is 0. The Morgan fingerprint density at radius 1 is 0.935 bits per heavy atom. The number of ether oxygens (including phenoxy) is 3. The fourth-order valence-corrected chi connectivity index (χ4v) is 3.66. The smallest absolute Gasteiger partial charge is 0.231 e. The molecule has 0 saturated carbocycles. The third-order valence-corrected chi connectivity index (χ3v) is 5.43. The van der Waals surface area contributed by atoms with Gasteiger partial charge in [0.15, 0.2) is 5.76 Å². The summed E-state index contributed by atoms with van der Waals surface area (Å²) in [5, 5.41) is 0. The van der Waals surface area contributed by atoms with E-state index in [0.717, 1.165) is 22.4 Å². The molecule has 1 aliphatic rings. The van der Waals surface area contributed by atoms with Crippen molar-refractivity contribution in [1.29, 1.82) is 0 Å². The predicted molar refractivity (Wildman–Crippen MR) is 122 cm³/mol. The molecule has 0 unspecified atom stereocenters. The lowest BCUT2D eigenvalue weighted by Gasteiger charge is -2.13. The second kappa shape index (κ2) is 8.68. The molecule has 0 aliphatic carbocycles. The molecule has 0 radical (unpaired) electrons. The molecule has 158 valence electrons. The average molecular weight is 415 g/mol. The largest absolute Gasteiger partial charge is 0.493 e. The molecule has 0 bridgehead atoms. The summed E-state index contributed by atoms with van der Waals surface area (Å²) in [7, 11) is 0. The zero-order valence-electron chi connectivity index (χ0n) is 18.3. The monoisotopic (exact) mass is 414 g/mol. The van der Waals surface area contributed by atoms with Gasteiger partial charge in [-0.3, -0.25) is 4.79 Å². The van der Waals surface area contributed by atoms with Gasteiger partial charge in [0.25, 0.3) is 0 Å². The minimum absolute atomic E-state index is 0.134. The zero-order chi connectivity index (χ0) is 22.0. The number of carbonyl (C=O) groups is 1. The highest BCUT2D eigenvalue weighted by Gasteiger charge is 2.30. The van der Waals surface area contributed by atoms with Crippen LogP contribution in [0.5, 0.6) is 17.2 Å². The van der Waals surface area contributed by atoms with Crippen LogP contribution < -0.4 is 14.2 Å². The second-order valence-corrected chi connectivity index (χ2v) is 7.69. The van der Waals surface area contributed by atoms with Crippen LogP contribution in [0.1, 0.15) is 45.1 Å². The number of benzene rings is 3. The second-order valence-electron chi connectivity index (χ2n) is 7.69. The maximum absolute atomic E-state index is 12.9. The van der Waals surface area contributed by atoms with Crippen LogP contribution >= 0.6 is 0 Å². The lowest BCUT2D eigenvalue weighted by molar-refractivity contribution is 0.101. The molecular weight excluding hydrogens is 388 g/mol. The number of carbonyl (C=O) groups excluding carboxylic acids is 1. The first-order valence-electron chi connectivity index (χ1n) is 10.5. The van der Waals surface area contributed by atoms with Gasteiger partial charge in [0.2, 0.25) is 5.78 Å². The fraction of sp³-hybridized carbons (Fsp3) is 0.222. The van der Waals surface area contributed by atoms with Gasteiger partial charge >= 0.3 is 0 Å². The molecule has 0 fully saturated rings. The molecule has 0 N–H and O–H groups in total. The van der Waals surface area contributed by atoms with E-state index in [9.17, 15) is 4.79 Å². The van der Waals surface area contributed by atoms with Crippen LogP contribution in [0, 0.1) is 20.8 Å². The van der Waals surface area contributed by atoms with Gasteiger partial charge in [-0.25, -0.2) is 0 Å². The van der Waals surface area contributed by atoms with Crippen LogP contribution in [-0.2, 0) is 6.61 Å². The van der Waals surface area contributed by atoms with E-state index >= 15 is 0 Å². The van der Waals surface area contributed by atoms with Gasteiger partial charge < -0.3 is 14.2 Å². The molecule has 0 saturated heterocycles. The Labute approximate surface area is 183 Å². The third kappa shape index (κ3) is 4.19. The van der Waals surface area contributed by atoms with Crippen LogP contribution in [0.2, 0.25) is 0 Å². The van der Waals surface area contributed by atoms with Gasteiger partial charge in [-0.2, -0.15) is 0 Å². The first-order chi connectivity index (χ1) is 15.0. The number of para-hydroxylation sites is 1. The van der Waals surface area contributed by atoms with Crippen molar-refractivity contribution in [3.63, 3.8) is 0 Å². The van der Waals surface area contributed by atoms with E-state index in [4.69, 9.17) is 14.2 Å². The van der Waals surface area contributed by atoms with E-state index in [2.05, 4.69) is 32.0 Å². The highest BCUT2D eigenvalue weighted by molar-refractivity contribution is 6.15. The maximum Gasteiger partial charge on any atom is 0.231 e. The summed E-state index contributed by atoms with van der Waals surface area (Å²) >= 11 is 0. The van der Waals surface area contributed by atoms with Gasteiger partial charge in [0.1, 0.15) is 23.9 Å². The number of Topliss-reactive ketones (excluding diaryl/α,β-unsaturated/α-hetero) is 1. The number of aryl methyl sites for hydroxylation is 2. The standard InChI is InChI=1S/C27H26O4/c1-5-29-24-9-7-6-8-20(24)15-25-26(28)22-12-13-23(19(4)27(22)31-25)30-16-21-14-17(2)10-11-18(21)3/h6-15H,5,16H2,1-4H3/b25-15-. The Hall–Kier alpha value is -3.53. The van der Waals surface area contributed by atoms with Crippen LogP contribution in [0.25, 0.3) is 6.08 Å². The summed E-state index contributed by atoms with van der Waals surface area (Å²) in [4.78, 5) is 12.9. The first kappa shape index (κ1) is 20.7. The third-order valence-electron chi connectivity index (χ3n) is 5.43. The molecule has 0 atom stereocenters. The zero-order valence-corrected chi connectivity index (χ0v) is 18.3. The van der Waals surface area contributed by atoms with Gasteiger partial charge in [0.05, 0.1) is 12.2 Å². The molecule has 31 heavy (non-hydrogen) atoms. The van der Waals surface area contributed by atoms with Crippen LogP contribution in [0.15, 0.2) is 60.4 Å². The molecule has 1 heterocycles. The number of hydrogen-bond acceptors (Lipinski definition) is 4. The molecule has 4 heteroatoms. The van der Waals surface area contributed by atoms with Gasteiger partial charge in [-0.1, -0.05) is 42.0 Å². The Kier molecular flexibility index (Phi) is 5.81. The minimum Gasteiger partial charge on any atom is -0.493 e. The Balaban J connectivity index is 1.59. The van der Waals surface area contributed by atoms with Gasteiger partial charge in [-0.15, -0.1) is 0 Å². The fourth-order valence-electron chi connectivity index (χ4n) is 3.66. The normalized spacial score (nSPS) is 13.8. The molecule has 0 amide bonds. The lowest BCUT2D eigenvalue weighted by atomic mass is 10.0. The Morgan fingerprint density at radius 2 is 1.74 bits per heavy atom. The quantitative estimate of drug-likeness (QED) is 0.450. The molecule has 3 aromatic carbocycles. The van der Waals surface area contributed by atoms with Gasteiger partial charge in [0, 0.05) is 11.1 Å². The summed E-state index contributed by atoms with van der Waals surface area (Å²) < 4.78 is 17.8. The summed E-state index contributed by atoms with van der Waals surface area (Å²) in [6.45, 7) is 9.01. The van der Waals surface area contributed by atoms with E-state index in [1.165, 1.54) is 11.1 Å². The number of rotatable bonds is 6. The van der Waals surface area contributed by atoms with Crippen molar-refractivity contribution >= 4 is 11.9 Å². The lowest BCUT2D eigenvalue weighted by Crippen LogP contribution is -2.00. The molecule has 3 aromatic rings. The topological polar surface area (TPSA) is 44.8 Å². The molecule has 1 aliphatic heterocycles. The van der Waals surface area contributed by atoms with Crippen molar-refractivity contribution in [2.45, 2.75) is 34.3 Å². The summed E-state index contributed by atoms with van der Waals surface area (Å²) in [6, 6.07) is 17.6. The predicted octanol–water partition coefficient (Wildman–Crippen LogP) is 6.21. The van der Waals surface area contributed by atoms with Gasteiger partial charge in [-0.05, 0) is 63.1 Å². The average Bonchev–Trinajstić information content (AvgIpc) is 3.08. The molecule has 4 nitrogen and oxygen atoms in total. The summed E-state index contributed by atoms with van der Waals surface area (Å²) in [5.74, 6) is 2.15. The van der Waals surface area contributed by atoms with Crippen molar-refractivity contribution < 1.29 is 19.0 Å². The summed E-state index contributed by atoms with van der Waals surface area (Å²) in [6.07, 6.45) is 1.74. The van der Waals surface area contributed by atoms with Crippen molar-refractivity contribution in [1.82, 2.24) is 0 Å². The van der Waals surface area contributed by atoms with E-state index < -0.39 is 0 Å². The Morgan fingerprint density at radius 3 is 2.55 bits per heavy atom. The molecular formula is C27H26O4. The SMILES string of the molecule is CCOc1ccccc1/C=C1\Oc2c(ccc(OCc3cc(C)ccc3C)c2C)C1=O. The molecule has 0 aromatic heterocycles. The Bertz CT molecular complexity index is 1170. The molecule has 4 rings (SSSR count). The van der Waals surface area contributed by atoms with Crippen molar-refractivity contribution in [2.24, 2.45) is 0 Å². The summed E-state index contributed by atoms with van der Waals surface area (Å²) in [5.41, 5.74) is 5.71. The van der Waals surface area contributed by atoms with E-state index in [1.54, 1.807) is 12.1 Å². The van der Waals surface area contributed by atoms with Crippen LogP contribution in [-0.4, -0.2) is 12.4 Å². The first-order valence-corrected chi connectivity index (χ1v) is 10.5.